The zero-order chi connectivity index (χ0) is 21.3. The molecule has 2 aliphatic rings. The Balaban J connectivity index is 1.59. The Labute approximate surface area is 179 Å². The predicted molar refractivity (Wildman–Crippen MR) is 116 cm³/mol. The molecule has 0 aliphatic carbocycles. The van der Waals surface area contributed by atoms with E-state index in [1.54, 1.807) is 17.0 Å². The summed E-state index contributed by atoms with van der Waals surface area (Å²) in [6, 6.07) is 17.5. The van der Waals surface area contributed by atoms with Gasteiger partial charge < -0.3 is 9.64 Å². The number of benzene rings is 2. The van der Waals surface area contributed by atoms with E-state index in [0.29, 0.717) is 23.7 Å². The number of nitrogens with zero attached hydrogens (tertiary/aromatic N) is 3. The van der Waals surface area contributed by atoms with Gasteiger partial charge in [-0.3, -0.25) is 9.69 Å². The number of anilines is 1. The summed E-state index contributed by atoms with van der Waals surface area (Å²) in [5.41, 5.74) is 4.19. The van der Waals surface area contributed by atoms with E-state index in [1.807, 2.05) is 48.2 Å². The molecule has 2 aromatic rings. The summed E-state index contributed by atoms with van der Waals surface area (Å²) in [6.45, 7) is 2.40. The van der Waals surface area contributed by atoms with Gasteiger partial charge in [-0.1, -0.05) is 41.6 Å². The van der Waals surface area contributed by atoms with Crippen LogP contribution in [0.5, 0.6) is 0 Å². The van der Waals surface area contributed by atoms with Crippen molar-refractivity contribution in [2.24, 2.45) is 0 Å². The molecular formula is C23H21N3O3S. The number of esters is 1. The molecule has 2 aromatic carbocycles. The Morgan fingerprint density at radius 2 is 1.87 bits per heavy atom. The number of carbonyl (C=O) groups excluding carboxylic acids is 2. The van der Waals surface area contributed by atoms with E-state index in [-0.39, 0.29) is 24.2 Å². The molecule has 4 rings (SSSR count). The lowest BCUT2D eigenvalue weighted by atomic mass is 9.86. The summed E-state index contributed by atoms with van der Waals surface area (Å²) in [5, 5.41) is 10.6. The Bertz CT molecular complexity index is 1050. The first-order valence-corrected chi connectivity index (χ1v) is 10.6. The van der Waals surface area contributed by atoms with Gasteiger partial charge in [-0.25, -0.2) is 4.79 Å². The quantitative estimate of drug-likeness (QED) is 0.700. The number of nitriles is 1. The fourth-order valence-electron chi connectivity index (χ4n) is 3.74. The summed E-state index contributed by atoms with van der Waals surface area (Å²) >= 11 is 1.50. The van der Waals surface area contributed by atoms with Gasteiger partial charge >= 0.3 is 5.97 Å². The number of rotatable bonds is 3. The minimum Gasteiger partial charge on any atom is -0.465 e. The summed E-state index contributed by atoms with van der Waals surface area (Å²) in [7, 11) is 1.35. The highest BCUT2D eigenvalue weighted by Crippen LogP contribution is 2.43. The van der Waals surface area contributed by atoms with Crippen molar-refractivity contribution >= 4 is 29.3 Å². The Morgan fingerprint density at radius 3 is 2.50 bits per heavy atom. The number of fused-ring (bicyclic) bond motifs is 1. The van der Waals surface area contributed by atoms with Gasteiger partial charge in [0.05, 0.1) is 41.9 Å². The molecule has 1 amide bonds. The van der Waals surface area contributed by atoms with Crippen LogP contribution in [-0.4, -0.2) is 36.4 Å². The number of aryl methyl sites for hydroxylation is 1. The van der Waals surface area contributed by atoms with Gasteiger partial charge in [-0.05, 0) is 36.8 Å². The molecule has 0 bridgehead atoms. The third kappa shape index (κ3) is 3.66. The van der Waals surface area contributed by atoms with Crippen LogP contribution in [0.2, 0.25) is 0 Å². The number of carbonyl (C=O) groups is 2. The summed E-state index contributed by atoms with van der Waals surface area (Å²) < 4.78 is 4.74. The van der Waals surface area contributed by atoms with Crippen LogP contribution < -0.4 is 4.90 Å². The first-order chi connectivity index (χ1) is 14.5. The van der Waals surface area contributed by atoms with Crippen LogP contribution in [0.3, 0.4) is 0 Å². The largest absolute Gasteiger partial charge is 0.465 e. The standard InChI is InChI=1S/C23H21N3O3S/c1-15-3-5-16(6-4-15)19-11-21(27)26-13-25(14-30-22(26)20(19)12-24)18-9-7-17(8-10-18)23(28)29-2/h3-10,19H,11,13-14H2,1-2H3. The van der Waals surface area contributed by atoms with Crippen LogP contribution in [0, 0.1) is 18.3 Å². The van der Waals surface area contributed by atoms with Crippen molar-refractivity contribution < 1.29 is 14.3 Å². The normalized spacial score (nSPS) is 18.7. The molecule has 0 saturated carbocycles. The molecule has 6 nitrogen and oxygen atoms in total. The second-order valence-electron chi connectivity index (χ2n) is 7.31. The van der Waals surface area contributed by atoms with Crippen molar-refractivity contribution in [3.63, 3.8) is 0 Å². The molecule has 2 aliphatic heterocycles. The van der Waals surface area contributed by atoms with Crippen molar-refractivity contribution in [1.29, 1.82) is 5.26 Å². The third-order valence-electron chi connectivity index (χ3n) is 5.43. The number of thioether (sulfide) groups is 1. The second kappa shape index (κ2) is 8.25. The highest BCUT2D eigenvalue weighted by molar-refractivity contribution is 8.03. The number of ether oxygens (including phenoxy) is 1. The Kier molecular flexibility index (Phi) is 5.51. The minimum absolute atomic E-state index is 0.0120. The highest BCUT2D eigenvalue weighted by Gasteiger charge is 2.38. The number of hydrogen-bond acceptors (Lipinski definition) is 6. The Morgan fingerprint density at radius 1 is 1.17 bits per heavy atom. The van der Waals surface area contributed by atoms with Gasteiger partial charge in [0.15, 0.2) is 0 Å². The van der Waals surface area contributed by atoms with E-state index in [4.69, 9.17) is 4.74 Å². The number of methoxy groups -OCH3 is 1. The van der Waals surface area contributed by atoms with Crippen LogP contribution in [0.4, 0.5) is 5.69 Å². The maximum absolute atomic E-state index is 13.0. The van der Waals surface area contributed by atoms with Crippen molar-refractivity contribution in [1.82, 2.24) is 4.90 Å². The molecule has 30 heavy (non-hydrogen) atoms. The number of hydrogen-bond donors (Lipinski definition) is 0. The smallest absolute Gasteiger partial charge is 0.337 e. The van der Waals surface area contributed by atoms with Crippen LogP contribution in [0.15, 0.2) is 59.1 Å². The maximum atomic E-state index is 13.0. The number of amides is 1. The van der Waals surface area contributed by atoms with E-state index >= 15 is 0 Å². The number of allylic oxidation sites excluding steroid dienone is 1. The van der Waals surface area contributed by atoms with Crippen LogP contribution in [0.25, 0.3) is 0 Å². The van der Waals surface area contributed by atoms with E-state index < -0.39 is 0 Å². The minimum atomic E-state index is -0.383. The SMILES string of the molecule is COC(=O)c1ccc(N2CSC3=C(C#N)C(c4ccc(C)cc4)CC(=O)N3C2)cc1. The molecule has 0 radical (unpaired) electrons. The molecule has 1 fully saturated rings. The van der Waals surface area contributed by atoms with E-state index in [1.165, 1.54) is 18.9 Å². The van der Waals surface area contributed by atoms with Gasteiger partial charge in [0.2, 0.25) is 5.91 Å². The summed E-state index contributed by atoms with van der Waals surface area (Å²) in [5.74, 6) is 0.0418. The average molecular weight is 420 g/mol. The zero-order valence-electron chi connectivity index (χ0n) is 16.8. The second-order valence-corrected chi connectivity index (χ2v) is 8.25. The molecule has 0 N–H and O–H groups in total. The van der Waals surface area contributed by atoms with Crippen LogP contribution in [0.1, 0.15) is 33.8 Å². The van der Waals surface area contributed by atoms with Crippen molar-refractivity contribution in [3.05, 3.63) is 75.8 Å². The van der Waals surface area contributed by atoms with E-state index in [9.17, 15) is 14.9 Å². The molecular weight excluding hydrogens is 398 g/mol. The lowest BCUT2D eigenvalue weighted by Gasteiger charge is -2.42. The summed E-state index contributed by atoms with van der Waals surface area (Å²) in [6.07, 6.45) is 0.283. The topological polar surface area (TPSA) is 73.6 Å². The fraction of sp³-hybridized carbons (Fsp3) is 0.261. The van der Waals surface area contributed by atoms with Gasteiger partial charge in [-0.15, -0.1) is 0 Å². The van der Waals surface area contributed by atoms with Crippen molar-refractivity contribution in [3.8, 4) is 6.07 Å². The maximum Gasteiger partial charge on any atom is 0.337 e. The highest BCUT2D eigenvalue weighted by atomic mass is 32.2. The molecule has 7 heteroatoms. The average Bonchev–Trinajstić information content (AvgIpc) is 2.79. The molecule has 1 saturated heterocycles. The van der Waals surface area contributed by atoms with Crippen molar-refractivity contribution in [2.45, 2.75) is 19.3 Å². The summed E-state index contributed by atoms with van der Waals surface area (Å²) in [4.78, 5) is 28.4. The lowest BCUT2D eigenvalue weighted by Crippen LogP contribution is -2.47. The predicted octanol–water partition coefficient (Wildman–Crippen LogP) is 4.00. The van der Waals surface area contributed by atoms with Gasteiger partial charge in [0.1, 0.15) is 0 Å². The lowest BCUT2D eigenvalue weighted by molar-refractivity contribution is -0.129. The molecule has 0 aromatic heterocycles. The Hall–Kier alpha value is -3.24. The molecule has 1 atom stereocenters. The first-order valence-electron chi connectivity index (χ1n) is 9.59. The molecule has 1 unspecified atom stereocenters. The van der Waals surface area contributed by atoms with Crippen LogP contribution in [-0.2, 0) is 9.53 Å². The molecule has 2 heterocycles. The third-order valence-corrected chi connectivity index (χ3v) is 6.58. The monoisotopic (exact) mass is 419 g/mol. The van der Waals surface area contributed by atoms with Crippen molar-refractivity contribution in [2.75, 3.05) is 24.6 Å². The first kappa shape index (κ1) is 20.0. The zero-order valence-corrected chi connectivity index (χ0v) is 17.6. The van der Waals surface area contributed by atoms with Crippen LogP contribution >= 0.6 is 11.8 Å². The van der Waals surface area contributed by atoms with Gasteiger partial charge in [-0.2, -0.15) is 5.26 Å². The fourth-order valence-corrected chi connectivity index (χ4v) is 4.90. The molecule has 152 valence electrons. The van der Waals surface area contributed by atoms with Gasteiger partial charge in [0.25, 0.3) is 0 Å². The molecule has 0 spiro atoms. The van der Waals surface area contributed by atoms with Gasteiger partial charge in [0, 0.05) is 18.0 Å². The van der Waals surface area contributed by atoms with E-state index in [0.717, 1.165) is 21.8 Å². The van der Waals surface area contributed by atoms with E-state index in [2.05, 4.69) is 6.07 Å².